The van der Waals surface area contributed by atoms with Crippen LogP contribution < -0.4 is 4.74 Å². The number of rotatable bonds is 11. The average Bonchev–Trinajstić information content (AvgIpc) is 2.63. The molecule has 0 spiro atoms. The Morgan fingerprint density at radius 1 is 0.889 bits per heavy atom. The average molecular weight is 393 g/mol. The van der Waals surface area contributed by atoms with Gasteiger partial charge < -0.3 is 9.84 Å². The van der Waals surface area contributed by atoms with Crippen molar-refractivity contribution in [1.82, 2.24) is 0 Å². The molecule has 0 saturated heterocycles. The summed E-state index contributed by atoms with van der Waals surface area (Å²) in [6.45, 7) is 2.21. The van der Waals surface area contributed by atoms with E-state index in [4.69, 9.17) is 4.74 Å². The standard InChI is InChI=1S/C21H28O5S/c1-2-3-4-5-6-7-8-11-17-12-9-10-13-20(17)26-21-16-18(27(23,24)25)14-15-19(21)22/h9-10,12-16,22H,2-8,11H2,1H3,(H,23,24,25). The number of unbranched alkanes of at least 4 members (excludes halogenated alkanes) is 6. The highest BCUT2D eigenvalue weighted by molar-refractivity contribution is 7.85. The Hall–Kier alpha value is -2.05. The lowest BCUT2D eigenvalue weighted by molar-refractivity contribution is 0.406. The van der Waals surface area contributed by atoms with E-state index in [2.05, 4.69) is 6.92 Å². The fraction of sp³-hybridized carbons (Fsp3) is 0.429. The Bertz CT molecular complexity index is 830. The van der Waals surface area contributed by atoms with Crippen LogP contribution in [0.4, 0.5) is 0 Å². The summed E-state index contributed by atoms with van der Waals surface area (Å²) in [7, 11) is -4.36. The van der Waals surface area contributed by atoms with Gasteiger partial charge in [0.1, 0.15) is 5.75 Å². The van der Waals surface area contributed by atoms with Crippen molar-refractivity contribution in [3.05, 3.63) is 48.0 Å². The quantitative estimate of drug-likeness (QED) is 0.377. The zero-order valence-corrected chi connectivity index (χ0v) is 16.5. The summed E-state index contributed by atoms with van der Waals surface area (Å²) in [5.41, 5.74) is 1.00. The zero-order valence-electron chi connectivity index (χ0n) is 15.7. The first kappa shape index (κ1) is 21.3. The van der Waals surface area contributed by atoms with Crippen LogP contribution in [0.15, 0.2) is 47.4 Å². The second kappa shape index (κ2) is 10.3. The number of hydrogen-bond donors (Lipinski definition) is 2. The third-order valence-electron chi connectivity index (χ3n) is 4.47. The molecule has 0 unspecified atom stereocenters. The lowest BCUT2D eigenvalue weighted by Crippen LogP contribution is -1.99. The van der Waals surface area contributed by atoms with Gasteiger partial charge in [-0.1, -0.05) is 63.6 Å². The summed E-state index contributed by atoms with van der Waals surface area (Å²) >= 11 is 0. The van der Waals surface area contributed by atoms with E-state index in [-0.39, 0.29) is 16.4 Å². The first-order valence-electron chi connectivity index (χ1n) is 9.48. The number of ether oxygens (including phenoxy) is 1. The summed E-state index contributed by atoms with van der Waals surface area (Å²) in [4.78, 5) is -0.320. The van der Waals surface area contributed by atoms with Crippen molar-refractivity contribution in [1.29, 1.82) is 0 Å². The molecule has 0 saturated carbocycles. The van der Waals surface area contributed by atoms with E-state index in [0.717, 1.165) is 37.0 Å². The number of hydrogen-bond acceptors (Lipinski definition) is 4. The Labute approximate surface area is 161 Å². The van der Waals surface area contributed by atoms with E-state index >= 15 is 0 Å². The number of aromatic hydroxyl groups is 1. The number of phenolic OH excluding ortho intramolecular Hbond substituents is 1. The molecule has 0 bridgehead atoms. The SMILES string of the molecule is CCCCCCCCCc1ccccc1Oc1cc(S(=O)(=O)O)ccc1O. The molecular weight excluding hydrogens is 364 g/mol. The van der Waals surface area contributed by atoms with Crippen LogP contribution >= 0.6 is 0 Å². The molecule has 2 rings (SSSR count). The highest BCUT2D eigenvalue weighted by Crippen LogP contribution is 2.34. The maximum Gasteiger partial charge on any atom is 0.294 e. The zero-order chi connectivity index (χ0) is 19.7. The number of benzene rings is 2. The fourth-order valence-electron chi connectivity index (χ4n) is 2.94. The van der Waals surface area contributed by atoms with Crippen LogP contribution in [0.1, 0.15) is 57.4 Å². The topological polar surface area (TPSA) is 83.8 Å². The fourth-order valence-corrected chi connectivity index (χ4v) is 3.43. The van der Waals surface area contributed by atoms with Crippen LogP contribution in [0, 0.1) is 0 Å². The summed E-state index contributed by atoms with van der Waals surface area (Å²) < 4.78 is 37.5. The molecule has 0 heterocycles. The molecule has 5 nitrogen and oxygen atoms in total. The molecule has 27 heavy (non-hydrogen) atoms. The minimum Gasteiger partial charge on any atom is -0.504 e. The number of phenols is 1. The van der Waals surface area contributed by atoms with Crippen LogP contribution in [-0.4, -0.2) is 18.1 Å². The number of aryl methyl sites for hydroxylation is 1. The predicted molar refractivity (Wildman–Crippen MR) is 106 cm³/mol. The molecule has 0 aliphatic rings. The molecule has 2 aromatic rings. The summed E-state index contributed by atoms with van der Waals surface area (Å²) in [6, 6.07) is 11.0. The van der Waals surface area contributed by atoms with E-state index in [0.29, 0.717) is 5.75 Å². The van der Waals surface area contributed by atoms with Gasteiger partial charge in [0.25, 0.3) is 10.1 Å². The number of para-hydroxylation sites is 1. The van der Waals surface area contributed by atoms with Gasteiger partial charge in [-0.15, -0.1) is 0 Å². The second-order valence-corrected chi connectivity index (χ2v) is 8.11. The molecule has 6 heteroatoms. The molecule has 148 valence electrons. The lowest BCUT2D eigenvalue weighted by atomic mass is 10.0. The first-order chi connectivity index (χ1) is 12.9. The minimum atomic E-state index is -4.36. The summed E-state index contributed by atoms with van der Waals surface area (Å²) in [6.07, 6.45) is 9.37. The predicted octanol–water partition coefficient (Wildman–Crippen LogP) is 5.72. The first-order valence-corrected chi connectivity index (χ1v) is 10.9. The van der Waals surface area contributed by atoms with Crippen molar-refractivity contribution in [3.8, 4) is 17.2 Å². The molecule has 2 aromatic carbocycles. The highest BCUT2D eigenvalue weighted by Gasteiger charge is 2.15. The molecule has 2 N–H and O–H groups in total. The largest absolute Gasteiger partial charge is 0.504 e. The van der Waals surface area contributed by atoms with Gasteiger partial charge in [0.2, 0.25) is 0 Å². The van der Waals surface area contributed by atoms with E-state index in [1.54, 1.807) is 6.07 Å². The molecule has 0 aliphatic heterocycles. The Balaban J connectivity index is 2.02. The Kier molecular flexibility index (Phi) is 8.13. The molecule has 0 fully saturated rings. The molecule has 0 atom stereocenters. The van der Waals surface area contributed by atoms with E-state index in [1.165, 1.54) is 38.2 Å². The molecular formula is C21H28O5S. The minimum absolute atomic E-state index is 0.00265. The van der Waals surface area contributed by atoms with Crippen LogP contribution in [0.5, 0.6) is 17.2 Å². The van der Waals surface area contributed by atoms with Crippen molar-refractivity contribution in [2.45, 2.75) is 63.2 Å². The Morgan fingerprint density at radius 2 is 1.56 bits per heavy atom. The van der Waals surface area contributed by atoms with Crippen molar-refractivity contribution >= 4 is 10.1 Å². The van der Waals surface area contributed by atoms with Gasteiger partial charge in [0, 0.05) is 6.07 Å². The molecule has 0 aliphatic carbocycles. The summed E-state index contributed by atoms with van der Waals surface area (Å²) in [5.74, 6) is 0.386. The third-order valence-corrected chi connectivity index (χ3v) is 5.32. The molecule has 0 radical (unpaired) electrons. The van der Waals surface area contributed by atoms with Gasteiger partial charge >= 0.3 is 0 Å². The van der Waals surface area contributed by atoms with Gasteiger partial charge in [-0.2, -0.15) is 8.42 Å². The molecule has 0 aromatic heterocycles. The van der Waals surface area contributed by atoms with Crippen LogP contribution in [-0.2, 0) is 16.5 Å². The van der Waals surface area contributed by atoms with Crippen LogP contribution in [0.3, 0.4) is 0 Å². The third kappa shape index (κ3) is 6.88. The van der Waals surface area contributed by atoms with E-state index in [1.807, 2.05) is 18.2 Å². The van der Waals surface area contributed by atoms with Gasteiger partial charge in [-0.25, -0.2) is 0 Å². The maximum atomic E-state index is 11.3. The smallest absolute Gasteiger partial charge is 0.294 e. The van der Waals surface area contributed by atoms with E-state index in [9.17, 15) is 18.1 Å². The van der Waals surface area contributed by atoms with Gasteiger partial charge in [0.05, 0.1) is 4.90 Å². The van der Waals surface area contributed by atoms with Crippen LogP contribution in [0.25, 0.3) is 0 Å². The second-order valence-electron chi connectivity index (χ2n) is 6.69. The normalized spacial score (nSPS) is 11.5. The van der Waals surface area contributed by atoms with Gasteiger partial charge in [-0.05, 0) is 36.6 Å². The highest BCUT2D eigenvalue weighted by atomic mass is 32.2. The van der Waals surface area contributed by atoms with Crippen molar-refractivity contribution in [2.75, 3.05) is 0 Å². The Morgan fingerprint density at radius 3 is 2.26 bits per heavy atom. The van der Waals surface area contributed by atoms with Crippen molar-refractivity contribution < 1.29 is 22.8 Å². The van der Waals surface area contributed by atoms with Crippen molar-refractivity contribution in [2.24, 2.45) is 0 Å². The van der Waals surface area contributed by atoms with Gasteiger partial charge in [-0.3, -0.25) is 4.55 Å². The lowest BCUT2D eigenvalue weighted by Gasteiger charge is -2.13. The summed E-state index contributed by atoms with van der Waals surface area (Å²) in [5, 5.41) is 9.97. The van der Waals surface area contributed by atoms with E-state index < -0.39 is 10.1 Å². The maximum absolute atomic E-state index is 11.3. The monoisotopic (exact) mass is 392 g/mol. The molecule has 0 amide bonds. The van der Waals surface area contributed by atoms with Gasteiger partial charge in [0.15, 0.2) is 11.5 Å². The van der Waals surface area contributed by atoms with Crippen molar-refractivity contribution in [3.63, 3.8) is 0 Å². The van der Waals surface area contributed by atoms with Crippen LogP contribution in [0.2, 0.25) is 0 Å².